The summed E-state index contributed by atoms with van der Waals surface area (Å²) in [4.78, 5) is 8.76. The third-order valence-corrected chi connectivity index (χ3v) is 3.31. The molecule has 3 heterocycles. The Bertz CT molecular complexity index is 721. The number of H-pyrrole nitrogens is 1. The van der Waals surface area contributed by atoms with Crippen molar-refractivity contribution in [1.82, 2.24) is 24.7 Å². The topological polar surface area (TPSA) is 85.4 Å². The van der Waals surface area contributed by atoms with Crippen molar-refractivity contribution in [3.05, 3.63) is 24.7 Å². The summed E-state index contributed by atoms with van der Waals surface area (Å²) in [6.45, 7) is 0. The van der Waals surface area contributed by atoms with Crippen LogP contribution in [0, 0.1) is 0 Å². The highest BCUT2D eigenvalue weighted by Gasteiger charge is 2.29. The maximum absolute atomic E-state index is 5.90. The molecule has 3 N–H and O–H groups in total. The molecule has 1 saturated carbocycles. The molecule has 18 heavy (non-hydrogen) atoms. The molecule has 0 aliphatic heterocycles. The van der Waals surface area contributed by atoms with Crippen molar-refractivity contribution < 1.29 is 0 Å². The van der Waals surface area contributed by atoms with Crippen LogP contribution in [0.2, 0.25) is 0 Å². The van der Waals surface area contributed by atoms with E-state index < -0.39 is 0 Å². The molecule has 1 aliphatic rings. The second-order valence-electron chi connectivity index (χ2n) is 4.60. The molecule has 0 atom stereocenters. The molecule has 1 fully saturated rings. The van der Waals surface area contributed by atoms with Crippen LogP contribution >= 0.6 is 0 Å². The molecular weight excluding hydrogens is 228 g/mol. The number of hydrogen-bond acceptors (Lipinski definition) is 4. The lowest BCUT2D eigenvalue weighted by Gasteiger charge is -2.06. The minimum atomic E-state index is 0.529. The number of nitrogens with two attached hydrogens (primary N) is 1. The van der Waals surface area contributed by atoms with Gasteiger partial charge in [0, 0.05) is 12.2 Å². The Balaban J connectivity index is 2.05. The third kappa shape index (κ3) is 1.25. The van der Waals surface area contributed by atoms with Gasteiger partial charge in [-0.15, -0.1) is 0 Å². The fourth-order valence-electron chi connectivity index (χ4n) is 2.32. The van der Waals surface area contributed by atoms with Crippen LogP contribution in [0.15, 0.2) is 24.7 Å². The van der Waals surface area contributed by atoms with Crippen molar-refractivity contribution >= 4 is 16.9 Å². The van der Waals surface area contributed by atoms with Crippen LogP contribution in [0.3, 0.4) is 0 Å². The average molecular weight is 240 g/mol. The highest BCUT2D eigenvalue weighted by molar-refractivity contribution is 5.82. The predicted molar refractivity (Wildman–Crippen MR) is 67.8 cm³/mol. The minimum Gasteiger partial charge on any atom is -0.383 e. The maximum Gasteiger partial charge on any atom is 0.146 e. The lowest BCUT2D eigenvalue weighted by molar-refractivity contribution is 0.775. The number of rotatable bonds is 2. The zero-order chi connectivity index (χ0) is 12.1. The number of fused-ring (bicyclic) bond motifs is 1. The number of hydrogen-bond donors (Lipinski definition) is 2. The number of nitrogens with one attached hydrogen (secondary N) is 1. The van der Waals surface area contributed by atoms with E-state index in [1.165, 1.54) is 12.8 Å². The summed E-state index contributed by atoms with van der Waals surface area (Å²) in [5.74, 6) is 1.44. The summed E-state index contributed by atoms with van der Waals surface area (Å²) >= 11 is 0. The van der Waals surface area contributed by atoms with Gasteiger partial charge in [0.2, 0.25) is 0 Å². The number of imidazole rings is 1. The number of aromatic nitrogens is 5. The quantitative estimate of drug-likeness (QED) is 0.714. The van der Waals surface area contributed by atoms with Gasteiger partial charge in [0.1, 0.15) is 17.2 Å². The van der Waals surface area contributed by atoms with Crippen LogP contribution in [0.25, 0.3) is 22.4 Å². The van der Waals surface area contributed by atoms with Gasteiger partial charge in [0.25, 0.3) is 0 Å². The lowest BCUT2D eigenvalue weighted by atomic mass is 10.3. The molecule has 3 aromatic rings. The van der Waals surface area contributed by atoms with Crippen molar-refractivity contribution in [2.75, 3.05) is 5.73 Å². The smallest absolute Gasteiger partial charge is 0.146 e. The number of nitrogen functional groups attached to an aromatic ring is 1. The van der Waals surface area contributed by atoms with Crippen molar-refractivity contribution in [1.29, 1.82) is 0 Å². The largest absolute Gasteiger partial charge is 0.383 e. The van der Waals surface area contributed by atoms with Gasteiger partial charge in [0.05, 0.1) is 23.5 Å². The molecular formula is C12H12N6. The summed E-state index contributed by atoms with van der Waals surface area (Å²) in [6, 6.07) is 2.53. The van der Waals surface area contributed by atoms with Gasteiger partial charge in [0.15, 0.2) is 0 Å². The molecule has 0 unspecified atom stereocenters. The summed E-state index contributed by atoms with van der Waals surface area (Å²) in [7, 11) is 0. The second-order valence-corrected chi connectivity index (χ2v) is 4.60. The van der Waals surface area contributed by atoms with E-state index in [9.17, 15) is 0 Å². The van der Waals surface area contributed by atoms with Crippen LogP contribution in [0.1, 0.15) is 18.9 Å². The first kappa shape index (κ1) is 9.64. The van der Waals surface area contributed by atoms with Crippen molar-refractivity contribution in [2.24, 2.45) is 0 Å². The molecule has 0 saturated heterocycles. The standard InChI is InChI=1S/C12H12N6/c13-11-8(5-15-17-11)12-16-9-6-14-4-3-10(9)18(12)7-1-2-7/h3-7H,1-2H2,(H3,13,15,17). The number of aromatic amines is 1. The van der Waals surface area contributed by atoms with Gasteiger partial charge in [-0.25, -0.2) is 4.98 Å². The molecule has 3 aromatic heterocycles. The number of anilines is 1. The molecule has 0 spiro atoms. The summed E-state index contributed by atoms with van der Waals surface area (Å²) in [6.07, 6.45) is 7.69. The normalized spacial score (nSPS) is 15.3. The average Bonchev–Trinajstić information content (AvgIpc) is 3.01. The summed E-state index contributed by atoms with van der Waals surface area (Å²) in [5, 5.41) is 6.73. The van der Waals surface area contributed by atoms with E-state index in [1.54, 1.807) is 18.6 Å². The van der Waals surface area contributed by atoms with Crippen LogP contribution in [-0.4, -0.2) is 24.7 Å². The Morgan fingerprint density at radius 1 is 1.33 bits per heavy atom. The molecule has 0 aromatic carbocycles. The number of pyridine rings is 1. The van der Waals surface area contributed by atoms with E-state index >= 15 is 0 Å². The molecule has 1 aliphatic carbocycles. The first-order chi connectivity index (χ1) is 8.84. The molecule has 6 heteroatoms. The van der Waals surface area contributed by atoms with Gasteiger partial charge < -0.3 is 10.3 Å². The number of nitrogens with zero attached hydrogens (tertiary/aromatic N) is 4. The predicted octanol–water partition coefficient (Wildman–Crippen LogP) is 1.74. The first-order valence-corrected chi connectivity index (χ1v) is 5.96. The zero-order valence-corrected chi connectivity index (χ0v) is 9.67. The van der Waals surface area contributed by atoms with E-state index in [1.807, 2.05) is 6.07 Å². The Kier molecular flexibility index (Phi) is 1.78. The molecule has 0 bridgehead atoms. The fourth-order valence-corrected chi connectivity index (χ4v) is 2.32. The van der Waals surface area contributed by atoms with E-state index in [4.69, 9.17) is 5.73 Å². The van der Waals surface area contributed by atoms with Gasteiger partial charge in [-0.1, -0.05) is 0 Å². The van der Waals surface area contributed by atoms with Crippen LogP contribution < -0.4 is 5.73 Å². The molecule has 0 radical (unpaired) electrons. The van der Waals surface area contributed by atoms with Gasteiger partial charge in [-0.05, 0) is 18.9 Å². The fraction of sp³-hybridized carbons (Fsp3) is 0.250. The monoisotopic (exact) mass is 240 g/mol. The molecule has 90 valence electrons. The molecule has 4 rings (SSSR count). The van der Waals surface area contributed by atoms with Crippen molar-refractivity contribution in [3.8, 4) is 11.4 Å². The van der Waals surface area contributed by atoms with Crippen molar-refractivity contribution in [3.63, 3.8) is 0 Å². The van der Waals surface area contributed by atoms with Crippen molar-refractivity contribution in [2.45, 2.75) is 18.9 Å². The minimum absolute atomic E-state index is 0.529. The van der Waals surface area contributed by atoms with E-state index in [0.717, 1.165) is 22.4 Å². The Morgan fingerprint density at radius 2 is 2.22 bits per heavy atom. The Hall–Kier alpha value is -2.37. The lowest BCUT2D eigenvalue weighted by Crippen LogP contribution is -1.98. The SMILES string of the molecule is Nc1[nH]ncc1-c1nc2cnccc2n1C1CC1. The second kappa shape index (κ2) is 3.32. The van der Waals surface area contributed by atoms with E-state index in [2.05, 4.69) is 24.7 Å². The third-order valence-electron chi connectivity index (χ3n) is 3.31. The first-order valence-electron chi connectivity index (χ1n) is 5.96. The van der Waals surface area contributed by atoms with Gasteiger partial charge >= 0.3 is 0 Å². The molecule has 6 nitrogen and oxygen atoms in total. The maximum atomic E-state index is 5.90. The Labute approximate surface area is 103 Å². The van der Waals surface area contributed by atoms with Gasteiger partial charge in [-0.2, -0.15) is 5.10 Å². The highest BCUT2D eigenvalue weighted by Crippen LogP contribution is 2.41. The summed E-state index contributed by atoms with van der Waals surface area (Å²) < 4.78 is 2.25. The van der Waals surface area contributed by atoms with Gasteiger partial charge in [-0.3, -0.25) is 10.1 Å². The van der Waals surface area contributed by atoms with E-state index in [0.29, 0.717) is 11.9 Å². The van der Waals surface area contributed by atoms with E-state index in [-0.39, 0.29) is 0 Å². The van der Waals surface area contributed by atoms with Crippen LogP contribution in [0.5, 0.6) is 0 Å². The molecule has 0 amide bonds. The van der Waals surface area contributed by atoms with Crippen LogP contribution in [0.4, 0.5) is 5.82 Å². The van der Waals surface area contributed by atoms with Crippen LogP contribution in [-0.2, 0) is 0 Å². The highest BCUT2D eigenvalue weighted by atomic mass is 15.2. The summed E-state index contributed by atoms with van der Waals surface area (Å²) in [5.41, 5.74) is 8.77. The zero-order valence-electron chi connectivity index (χ0n) is 9.67. The Morgan fingerprint density at radius 3 is 2.94 bits per heavy atom.